The molecular weight excluding hydrogens is 539 g/mol. The number of hydrogen-bond acceptors (Lipinski definition) is 9. The van der Waals surface area contributed by atoms with Crippen LogP contribution in [0.3, 0.4) is 0 Å². The van der Waals surface area contributed by atoms with Gasteiger partial charge in [-0.3, -0.25) is 9.62 Å². The van der Waals surface area contributed by atoms with E-state index in [4.69, 9.17) is 13.9 Å². The Morgan fingerprint density at radius 1 is 1.10 bits per heavy atom. The molecule has 1 aliphatic rings. The smallest absolute Gasteiger partial charge is 0.295 e. The van der Waals surface area contributed by atoms with E-state index in [1.165, 1.54) is 12.5 Å². The molecular formula is C27H33FN6O5S. The normalized spacial score (nSPS) is 14.9. The molecule has 214 valence electrons. The summed E-state index contributed by atoms with van der Waals surface area (Å²) in [7, 11) is -2.11. The highest BCUT2D eigenvalue weighted by atomic mass is 32.2. The van der Waals surface area contributed by atoms with Crippen LogP contribution in [-0.4, -0.2) is 60.2 Å². The Morgan fingerprint density at radius 2 is 1.80 bits per heavy atom. The zero-order chi connectivity index (χ0) is 28.3. The predicted molar refractivity (Wildman–Crippen MR) is 149 cm³/mol. The first-order chi connectivity index (χ1) is 19.2. The third-order valence-electron chi connectivity index (χ3n) is 6.58. The summed E-state index contributed by atoms with van der Waals surface area (Å²) in [4.78, 5) is 10.7. The van der Waals surface area contributed by atoms with Crippen molar-refractivity contribution in [1.29, 1.82) is 0 Å². The number of fused-ring (bicyclic) bond motifs is 1. The molecule has 1 fully saturated rings. The molecule has 5 rings (SSSR count). The average molecular weight is 573 g/mol. The first-order valence-corrected chi connectivity index (χ1v) is 14.7. The number of hydrogen-bond donors (Lipinski definition) is 2. The molecule has 0 saturated carbocycles. The van der Waals surface area contributed by atoms with Gasteiger partial charge in [-0.2, -0.15) is 17.8 Å². The van der Waals surface area contributed by atoms with E-state index in [0.29, 0.717) is 42.6 Å². The molecule has 0 bridgehead atoms. The maximum absolute atomic E-state index is 14.6. The van der Waals surface area contributed by atoms with Gasteiger partial charge in [0, 0.05) is 38.9 Å². The number of sulfonamides is 1. The van der Waals surface area contributed by atoms with Crippen LogP contribution in [0, 0.1) is 5.82 Å². The summed E-state index contributed by atoms with van der Waals surface area (Å²) in [6, 6.07) is 8.98. The molecule has 1 saturated heterocycles. The number of piperidine rings is 1. The molecule has 0 atom stereocenters. The Balaban J connectivity index is 1.19. The second kappa shape index (κ2) is 11.7. The van der Waals surface area contributed by atoms with Crippen LogP contribution < -0.4 is 19.5 Å². The number of aryl methyl sites for hydroxylation is 1. The Bertz CT molecular complexity index is 1550. The fraction of sp³-hybridized carbons (Fsp3) is 0.407. The SMILES string of the molecule is CCOc1cc(CN2CCC(Nc3nc4cc(NS(=O)(=O)c5cn(C)cn5)ccc4o3)CC2)cc(OCC)c1F. The van der Waals surface area contributed by atoms with Crippen molar-refractivity contribution in [3.8, 4) is 11.5 Å². The molecule has 0 radical (unpaired) electrons. The van der Waals surface area contributed by atoms with Gasteiger partial charge in [-0.15, -0.1) is 0 Å². The number of imidazole rings is 1. The highest BCUT2D eigenvalue weighted by molar-refractivity contribution is 7.92. The van der Waals surface area contributed by atoms with Gasteiger partial charge in [0.25, 0.3) is 16.0 Å². The van der Waals surface area contributed by atoms with E-state index in [9.17, 15) is 12.8 Å². The van der Waals surface area contributed by atoms with Gasteiger partial charge in [-0.05, 0) is 62.6 Å². The number of aromatic nitrogens is 3. The van der Waals surface area contributed by atoms with Gasteiger partial charge < -0.3 is 23.8 Å². The number of halogens is 1. The first kappa shape index (κ1) is 27.7. The van der Waals surface area contributed by atoms with Crippen LogP contribution in [0.2, 0.25) is 0 Å². The first-order valence-electron chi connectivity index (χ1n) is 13.2. The third kappa shape index (κ3) is 6.31. The molecule has 0 spiro atoms. The Hall–Kier alpha value is -3.84. The number of nitrogens with zero attached hydrogens (tertiary/aromatic N) is 4. The number of anilines is 2. The second-order valence-electron chi connectivity index (χ2n) is 9.65. The fourth-order valence-electron chi connectivity index (χ4n) is 4.69. The number of rotatable bonds is 11. The van der Waals surface area contributed by atoms with Crippen molar-refractivity contribution < 1.29 is 26.7 Å². The largest absolute Gasteiger partial charge is 0.491 e. The number of ether oxygens (including phenoxy) is 2. The topological polar surface area (TPSA) is 124 Å². The van der Waals surface area contributed by atoms with Crippen molar-refractivity contribution in [2.24, 2.45) is 7.05 Å². The maximum Gasteiger partial charge on any atom is 0.295 e. The zero-order valence-corrected chi connectivity index (χ0v) is 23.5. The van der Waals surface area contributed by atoms with Crippen LogP contribution in [0.1, 0.15) is 32.3 Å². The lowest BCUT2D eigenvalue weighted by atomic mass is 10.0. The zero-order valence-electron chi connectivity index (χ0n) is 22.7. The van der Waals surface area contributed by atoms with Crippen molar-refractivity contribution in [3.63, 3.8) is 0 Å². The van der Waals surface area contributed by atoms with Crippen molar-refractivity contribution in [2.75, 3.05) is 36.3 Å². The summed E-state index contributed by atoms with van der Waals surface area (Å²) in [5.74, 6) is -0.0428. The van der Waals surface area contributed by atoms with E-state index < -0.39 is 15.8 Å². The molecule has 11 nitrogen and oxygen atoms in total. The monoisotopic (exact) mass is 572 g/mol. The average Bonchev–Trinajstić information content (AvgIpc) is 3.54. The summed E-state index contributed by atoms with van der Waals surface area (Å²) in [6.45, 7) is 6.73. The highest BCUT2D eigenvalue weighted by Crippen LogP contribution is 2.31. The van der Waals surface area contributed by atoms with Crippen molar-refractivity contribution in [2.45, 2.75) is 44.3 Å². The predicted octanol–water partition coefficient (Wildman–Crippen LogP) is 4.38. The molecule has 13 heteroatoms. The van der Waals surface area contributed by atoms with Gasteiger partial charge in [-0.1, -0.05) is 0 Å². The summed E-state index contributed by atoms with van der Waals surface area (Å²) in [5, 5.41) is 3.30. The standard InChI is InChI=1S/C27H33FN6O5S/c1-4-37-23-12-18(13-24(26(23)28)38-5-2)15-34-10-8-19(9-11-34)30-27-31-21-14-20(6-7-22(21)39-27)32-40(35,36)25-16-33(3)17-29-25/h6-7,12-14,16-17,19,32H,4-5,8-11,15H2,1-3H3,(H,30,31). The lowest BCUT2D eigenvalue weighted by Crippen LogP contribution is -2.38. The van der Waals surface area contributed by atoms with E-state index in [1.54, 1.807) is 41.9 Å². The molecule has 0 aliphatic carbocycles. The van der Waals surface area contributed by atoms with E-state index in [1.807, 2.05) is 13.8 Å². The molecule has 0 amide bonds. The summed E-state index contributed by atoms with van der Waals surface area (Å²) >= 11 is 0. The quantitative estimate of drug-likeness (QED) is 0.270. The minimum atomic E-state index is -3.81. The maximum atomic E-state index is 14.6. The minimum Gasteiger partial charge on any atom is -0.491 e. The molecule has 1 aliphatic heterocycles. The second-order valence-corrected chi connectivity index (χ2v) is 11.3. The highest BCUT2D eigenvalue weighted by Gasteiger charge is 2.23. The Morgan fingerprint density at radius 3 is 2.42 bits per heavy atom. The molecule has 40 heavy (non-hydrogen) atoms. The van der Waals surface area contributed by atoms with Gasteiger partial charge in [-0.25, -0.2) is 4.98 Å². The van der Waals surface area contributed by atoms with E-state index in [-0.39, 0.29) is 22.6 Å². The van der Waals surface area contributed by atoms with Gasteiger partial charge >= 0.3 is 0 Å². The van der Waals surface area contributed by atoms with Crippen LogP contribution in [0.4, 0.5) is 16.1 Å². The van der Waals surface area contributed by atoms with Crippen LogP contribution >= 0.6 is 0 Å². The fourth-order valence-corrected chi connectivity index (χ4v) is 5.73. The van der Waals surface area contributed by atoms with Gasteiger partial charge in [0.05, 0.1) is 25.2 Å². The van der Waals surface area contributed by atoms with Crippen molar-refractivity contribution >= 4 is 32.8 Å². The minimum absolute atomic E-state index is 0.0622. The Labute approximate surface area is 232 Å². The summed E-state index contributed by atoms with van der Waals surface area (Å²) in [5.41, 5.74) is 2.39. The van der Waals surface area contributed by atoms with Crippen LogP contribution in [0.25, 0.3) is 11.1 Å². The molecule has 3 heterocycles. The van der Waals surface area contributed by atoms with Crippen LogP contribution in [0.15, 0.2) is 52.3 Å². The van der Waals surface area contributed by atoms with Crippen LogP contribution in [-0.2, 0) is 23.6 Å². The lowest BCUT2D eigenvalue weighted by molar-refractivity contribution is 0.209. The van der Waals surface area contributed by atoms with E-state index >= 15 is 0 Å². The molecule has 2 aromatic carbocycles. The Kier molecular flexibility index (Phi) is 8.12. The van der Waals surface area contributed by atoms with E-state index in [2.05, 4.69) is 24.9 Å². The molecule has 0 unspecified atom stereocenters. The number of benzene rings is 2. The van der Waals surface area contributed by atoms with E-state index in [0.717, 1.165) is 31.5 Å². The summed E-state index contributed by atoms with van der Waals surface area (Å²) < 4.78 is 60.7. The van der Waals surface area contributed by atoms with Gasteiger partial charge in [0.15, 0.2) is 22.1 Å². The van der Waals surface area contributed by atoms with Gasteiger partial charge in [0.2, 0.25) is 5.82 Å². The lowest BCUT2D eigenvalue weighted by Gasteiger charge is -2.32. The van der Waals surface area contributed by atoms with Crippen LogP contribution in [0.5, 0.6) is 11.5 Å². The van der Waals surface area contributed by atoms with Crippen molar-refractivity contribution in [1.82, 2.24) is 19.4 Å². The molecule has 4 aromatic rings. The molecule has 2 N–H and O–H groups in total. The third-order valence-corrected chi connectivity index (χ3v) is 7.85. The molecule has 2 aromatic heterocycles. The van der Waals surface area contributed by atoms with Gasteiger partial charge in [0.1, 0.15) is 5.52 Å². The number of oxazole rings is 1. The van der Waals surface area contributed by atoms with Crippen molar-refractivity contribution in [3.05, 3.63) is 54.2 Å². The number of likely N-dealkylation sites (tertiary alicyclic amines) is 1. The number of nitrogens with one attached hydrogen (secondary N) is 2. The summed E-state index contributed by atoms with van der Waals surface area (Å²) in [6.07, 6.45) is 4.59.